The average molecular weight is 503 g/mol. The molecule has 4 aromatic rings. The molecule has 2 atom stereocenters. The van der Waals surface area contributed by atoms with Crippen LogP contribution in [-0.4, -0.2) is 52.2 Å². The maximum atomic E-state index is 11.7. The van der Waals surface area contributed by atoms with Crippen LogP contribution in [0.2, 0.25) is 0 Å². The maximum Gasteiger partial charge on any atom is 0.354 e. The van der Waals surface area contributed by atoms with Crippen LogP contribution in [-0.2, 0) is 24.0 Å². The molecule has 0 saturated carbocycles. The summed E-state index contributed by atoms with van der Waals surface area (Å²) in [7, 11) is 3.16. The number of ether oxygens (including phenoxy) is 3. The van der Waals surface area contributed by atoms with Crippen LogP contribution in [0.4, 0.5) is 0 Å². The lowest BCUT2D eigenvalue weighted by Crippen LogP contribution is -2.30. The second-order valence-electron chi connectivity index (χ2n) is 9.36. The fourth-order valence-electron chi connectivity index (χ4n) is 5.12. The number of carbonyl (C=O) groups is 1. The fraction of sp³-hybridized carbons (Fsp3) is 0.310. The zero-order valence-electron chi connectivity index (χ0n) is 21.0. The number of nitrogens with zero attached hydrogens (tertiary/aromatic N) is 2. The number of methoxy groups -OCH3 is 2. The first-order valence-electron chi connectivity index (χ1n) is 12.2. The summed E-state index contributed by atoms with van der Waals surface area (Å²) in [6, 6.07) is 18.7. The molecular formula is C29H30N2O6. The van der Waals surface area contributed by atoms with Crippen LogP contribution in [0.3, 0.4) is 0 Å². The number of pyridine rings is 1. The van der Waals surface area contributed by atoms with Crippen LogP contribution in [0, 0.1) is 6.92 Å². The van der Waals surface area contributed by atoms with Gasteiger partial charge in [-0.2, -0.15) is 5.10 Å². The Kier molecular flexibility index (Phi) is 6.86. The highest BCUT2D eigenvalue weighted by Crippen LogP contribution is 2.35. The first-order valence-corrected chi connectivity index (χ1v) is 12.2. The number of carboxylic acid groups (broad SMARTS) is 1. The Bertz CT molecular complexity index is 1400. The summed E-state index contributed by atoms with van der Waals surface area (Å²) < 4.78 is 19.0. The van der Waals surface area contributed by atoms with Gasteiger partial charge in [0.05, 0.1) is 37.6 Å². The number of hydrogen-bond donors (Lipinski definition) is 2. The first kappa shape index (κ1) is 24.8. The summed E-state index contributed by atoms with van der Waals surface area (Å²) in [6.45, 7) is 1.90. The minimum absolute atomic E-state index is 0.0704. The molecule has 2 aromatic carbocycles. The Morgan fingerprint density at radius 3 is 2.27 bits per heavy atom. The van der Waals surface area contributed by atoms with E-state index in [9.17, 15) is 15.0 Å². The van der Waals surface area contributed by atoms with Gasteiger partial charge < -0.3 is 24.4 Å². The lowest BCUT2D eigenvalue weighted by molar-refractivity contribution is -0.0747. The quantitative estimate of drug-likeness (QED) is 0.354. The van der Waals surface area contributed by atoms with Crippen LogP contribution >= 0.6 is 0 Å². The SMILES string of the molecule is COc1cc([C@@H](O)[C@H](Cc2cc3cccc(C(=O)O)n3n2)OC2Cc3ccccc3C2)cc(OC)c1C. The molecule has 8 nitrogen and oxygen atoms in total. The van der Waals surface area contributed by atoms with E-state index in [2.05, 4.69) is 17.2 Å². The highest BCUT2D eigenvalue weighted by atomic mass is 16.5. The third-order valence-electron chi connectivity index (χ3n) is 7.02. The van der Waals surface area contributed by atoms with Crippen molar-refractivity contribution < 1.29 is 29.2 Å². The third-order valence-corrected chi connectivity index (χ3v) is 7.02. The van der Waals surface area contributed by atoms with Crippen LogP contribution in [0.15, 0.2) is 60.7 Å². The molecule has 8 heteroatoms. The molecule has 0 fully saturated rings. The highest BCUT2D eigenvalue weighted by molar-refractivity contribution is 5.86. The van der Waals surface area contributed by atoms with Crippen molar-refractivity contribution in [1.82, 2.24) is 9.61 Å². The van der Waals surface area contributed by atoms with Crippen molar-refractivity contribution in [2.45, 2.75) is 44.5 Å². The topological polar surface area (TPSA) is 103 Å². The van der Waals surface area contributed by atoms with Crippen molar-refractivity contribution in [2.24, 2.45) is 0 Å². The lowest BCUT2D eigenvalue weighted by Gasteiger charge is -2.27. The van der Waals surface area contributed by atoms with Gasteiger partial charge in [0.15, 0.2) is 0 Å². The molecule has 0 radical (unpaired) electrons. The van der Waals surface area contributed by atoms with E-state index < -0.39 is 18.2 Å². The molecule has 2 aromatic heterocycles. The number of aromatic carboxylic acids is 1. The van der Waals surface area contributed by atoms with Gasteiger partial charge in [0.1, 0.15) is 23.3 Å². The van der Waals surface area contributed by atoms with E-state index in [0.717, 1.165) is 18.4 Å². The van der Waals surface area contributed by atoms with Crippen molar-refractivity contribution in [3.8, 4) is 11.5 Å². The number of aromatic nitrogens is 2. The summed E-state index contributed by atoms with van der Waals surface area (Å²) in [5, 5.41) is 25.7. The van der Waals surface area contributed by atoms with Gasteiger partial charge in [0, 0.05) is 12.0 Å². The number of hydrogen-bond acceptors (Lipinski definition) is 6. The van der Waals surface area contributed by atoms with E-state index in [1.807, 2.05) is 25.1 Å². The van der Waals surface area contributed by atoms with Crippen LogP contribution in [0.5, 0.6) is 11.5 Å². The molecule has 2 heterocycles. The molecule has 0 aliphatic heterocycles. The van der Waals surface area contributed by atoms with Gasteiger partial charge >= 0.3 is 5.97 Å². The largest absolute Gasteiger partial charge is 0.496 e. The Morgan fingerprint density at radius 2 is 1.68 bits per heavy atom. The number of aliphatic hydroxyl groups excluding tert-OH is 1. The number of fused-ring (bicyclic) bond motifs is 2. The van der Waals surface area contributed by atoms with E-state index in [4.69, 9.17) is 14.2 Å². The smallest absolute Gasteiger partial charge is 0.354 e. The second-order valence-corrected chi connectivity index (χ2v) is 9.36. The van der Waals surface area contributed by atoms with Crippen LogP contribution in [0.1, 0.15) is 44.5 Å². The molecule has 0 saturated heterocycles. The van der Waals surface area contributed by atoms with E-state index in [1.54, 1.807) is 38.5 Å². The van der Waals surface area contributed by atoms with E-state index in [1.165, 1.54) is 21.7 Å². The Morgan fingerprint density at radius 1 is 1.03 bits per heavy atom. The number of carboxylic acids is 1. The van der Waals surface area contributed by atoms with Gasteiger partial charge in [-0.15, -0.1) is 0 Å². The van der Waals surface area contributed by atoms with Gasteiger partial charge in [-0.25, -0.2) is 9.31 Å². The Labute approximate surface area is 215 Å². The van der Waals surface area contributed by atoms with Gasteiger partial charge in [-0.3, -0.25) is 0 Å². The zero-order valence-corrected chi connectivity index (χ0v) is 21.0. The second kappa shape index (κ2) is 10.2. The molecule has 0 spiro atoms. The van der Waals surface area contributed by atoms with E-state index >= 15 is 0 Å². The average Bonchev–Trinajstić information content (AvgIpc) is 3.50. The molecule has 1 aliphatic carbocycles. The normalized spacial score (nSPS) is 14.9. The fourth-order valence-corrected chi connectivity index (χ4v) is 5.12. The van der Waals surface area contributed by atoms with Crippen molar-refractivity contribution in [3.05, 3.63) is 94.3 Å². The third kappa shape index (κ3) is 4.90. The molecule has 192 valence electrons. The summed E-state index contributed by atoms with van der Waals surface area (Å²) >= 11 is 0. The number of aliphatic hydroxyl groups is 1. The molecule has 2 N–H and O–H groups in total. The molecule has 0 amide bonds. The molecule has 0 bridgehead atoms. The van der Waals surface area contributed by atoms with Crippen molar-refractivity contribution >= 4 is 11.5 Å². The number of benzene rings is 2. The molecular weight excluding hydrogens is 472 g/mol. The predicted octanol–water partition coefficient (Wildman–Crippen LogP) is 4.19. The number of rotatable bonds is 9. The van der Waals surface area contributed by atoms with E-state index in [-0.39, 0.29) is 18.2 Å². The van der Waals surface area contributed by atoms with Crippen molar-refractivity contribution in [3.63, 3.8) is 0 Å². The minimum Gasteiger partial charge on any atom is -0.496 e. The van der Waals surface area contributed by atoms with Gasteiger partial charge in [0.25, 0.3) is 0 Å². The minimum atomic E-state index is -1.06. The monoisotopic (exact) mass is 502 g/mol. The Balaban J connectivity index is 1.49. The zero-order chi connectivity index (χ0) is 26.1. The van der Waals surface area contributed by atoms with Crippen LogP contribution < -0.4 is 9.47 Å². The van der Waals surface area contributed by atoms with Gasteiger partial charge in [-0.1, -0.05) is 30.3 Å². The summed E-state index contributed by atoms with van der Waals surface area (Å²) in [5.74, 6) is 0.161. The maximum absolute atomic E-state index is 11.7. The molecule has 5 rings (SSSR count). The predicted molar refractivity (Wildman–Crippen MR) is 138 cm³/mol. The highest BCUT2D eigenvalue weighted by Gasteiger charge is 2.31. The van der Waals surface area contributed by atoms with Crippen molar-refractivity contribution in [1.29, 1.82) is 0 Å². The van der Waals surface area contributed by atoms with Crippen molar-refractivity contribution in [2.75, 3.05) is 14.2 Å². The lowest BCUT2D eigenvalue weighted by atomic mass is 9.98. The summed E-state index contributed by atoms with van der Waals surface area (Å²) in [5.41, 5.74) is 5.30. The van der Waals surface area contributed by atoms with Gasteiger partial charge in [0.2, 0.25) is 0 Å². The Hall–Kier alpha value is -3.88. The molecule has 37 heavy (non-hydrogen) atoms. The summed E-state index contributed by atoms with van der Waals surface area (Å²) in [6.07, 6.45) is 0.0545. The molecule has 0 unspecified atom stereocenters. The summed E-state index contributed by atoms with van der Waals surface area (Å²) in [4.78, 5) is 11.7. The standard InChI is InChI=1S/C29H30N2O6/c1-17-25(35-2)13-20(14-26(17)36-3)28(32)27(37-23-11-18-7-4-5-8-19(18)12-23)16-21-15-22-9-6-10-24(29(33)34)31(22)30-21/h4-10,13-15,23,27-28,32H,11-12,16H2,1-3H3,(H,33,34)/t27-,28+/m0/s1. The van der Waals surface area contributed by atoms with Crippen LogP contribution in [0.25, 0.3) is 5.52 Å². The first-order chi connectivity index (χ1) is 17.9. The molecule has 1 aliphatic rings. The van der Waals surface area contributed by atoms with Gasteiger partial charge in [-0.05, 0) is 66.8 Å². The van der Waals surface area contributed by atoms with E-state index in [0.29, 0.717) is 28.3 Å².